The van der Waals surface area contributed by atoms with Crippen LogP contribution in [0.15, 0.2) is 5.38 Å². The number of hydrogen-bond acceptors (Lipinski definition) is 4. The first-order chi connectivity index (χ1) is 7.17. The molecule has 8 heteroatoms. The number of aliphatic hydroxyl groups is 1. The van der Waals surface area contributed by atoms with Crippen molar-refractivity contribution in [1.29, 1.82) is 0 Å². The Morgan fingerprint density at radius 2 is 2.12 bits per heavy atom. The zero-order valence-corrected chi connectivity index (χ0v) is 8.89. The van der Waals surface area contributed by atoms with Crippen molar-refractivity contribution in [2.45, 2.75) is 25.1 Å². The van der Waals surface area contributed by atoms with Gasteiger partial charge in [-0.3, -0.25) is 4.79 Å². The van der Waals surface area contributed by atoms with Gasteiger partial charge in [0.2, 0.25) is 5.60 Å². The van der Waals surface area contributed by atoms with Crippen LogP contribution in [0.1, 0.15) is 17.1 Å². The molecule has 0 aromatic carbocycles. The molecule has 16 heavy (non-hydrogen) atoms. The minimum atomic E-state index is -5.07. The average molecular weight is 255 g/mol. The molecule has 0 fully saturated rings. The zero-order valence-electron chi connectivity index (χ0n) is 8.08. The minimum absolute atomic E-state index is 0.299. The number of alkyl halides is 3. The van der Waals surface area contributed by atoms with Crippen LogP contribution in [0.5, 0.6) is 0 Å². The van der Waals surface area contributed by atoms with E-state index in [2.05, 4.69) is 4.98 Å². The first-order valence-corrected chi connectivity index (χ1v) is 4.98. The van der Waals surface area contributed by atoms with Gasteiger partial charge in [0.05, 0.1) is 6.42 Å². The van der Waals surface area contributed by atoms with Crippen LogP contribution in [-0.2, 0) is 10.4 Å². The Bertz CT molecular complexity index is 403. The highest BCUT2D eigenvalue weighted by molar-refractivity contribution is 7.09. The van der Waals surface area contributed by atoms with Gasteiger partial charge >= 0.3 is 12.1 Å². The zero-order chi connectivity index (χ0) is 12.6. The minimum Gasteiger partial charge on any atom is -0.481 e. The van der Waals surface area contributed by atoms with Crippen molar-refractivity contribution in [3.63, 3.8) is 0 Å². The average Bonchev–Trinajstić information content (AvgIpc) is 2.48. The fourth-order valence-electron chi connectivity index (χ4n) is 1.06. The molecule has 1 atom stereocenters. The summed E-state index contributed by atoms with van der Waals surface area (Å²) in [7, 11) is 0. The van der Waals surface area contributed by atoms with Gasteiger partial charge in [0, 0.05) is 11.1 Å². The second-order valence-electron chi connectivity index (χ2n) is 3.22. The number of halogens is 3. The molecule has 0 radical (unpaired) electrons. The van der Waals surface area contributed by atoms with Gasteiger partial charge < -0.3 is 10.2 Å². The smallest absolute Gasteiger partial charge is 0.424 e. The van der Waals surface area contributed by atoms with Crippen molar-refractivity contribution in [2.24, 2.45) is 0 Å². The standard InChI is InChI=1S/C8H8F3NO3S/c1-4-3-16-6(12-4)7(15,2-5(13)14)8(9,10)11/h3,15H,2H2,1H3,(H,13,14)/t7-/m1/s1. The number of nitrogens with zero attached hydrogens (tertiary/aromatic N) is 1. The van der Waals surface area contributed by atoms with Crippen molar-refractivity contribution in [1.82, 2.24) is 4.98 Å². The third-order valence-corrected chi connectivity index (χ3v) is 2.96. The number of carbonyl (C=O) groups is 1. The largest absolute Gasteiger partial charge is 0.481 e. The van der Waals surface area contributed by atoms with Gasteiger partial charge in [-0.1, -0.05) is 0 Å². The van der Waals surface area contributed by atoms with E-state index in [0.29, 0.717) is 17.0 Å². The quantitative estimate of drug-likeness (QED) is 0.862. The third kappa shape index (κ3) is 2.33. The van der Waals surface area contributed by atoms with Gasteiger partial charge in [0.15, 0.2) is 0 Å². The summed E-state index contributed by atoms with van der Waals surface area (Å²) < 4.78 is 37.8. The van der Waals surface area contributed by atoms with Crippen molar-refractivity contribution in [2.75, 3.05) is 0 Å². The lowest BCUT2D eigenvalue weighted by Gasteiger charge is -2.26. The highest BCUT2D eigenvalue weighted by Gasteiger charge is 2.58. The van der Waals surface area contributed by atoms with E-state index < -0.39 is 29.2 Å². The van der Waals surface area contributed by atoms with Gasteiger partial charge in [-0.15, -0.1) is 11.3 Å². The maximum atomic E-state index is 12.6. The summed E-state index contributed by atoms with van der Waals surface area (Å²) in [5.41, 5.74) is -3.12. The first-order valence-electron chi connectivity index (χ1n) is 4.10. The summed E-state index contributed by atoms with van der Waals surface area (Å²) in [5, 5.41) is 18.5. The van der Waals surface area contributed by atoms with E-state index in [0.717, 1.165) is 0 Å². The number of hydrogen-bond donors (Lipinski definition) is 2. The van der Waals surface area contributed by atoms with Crippen LogP contribution in [0.4, 0.5) is 13.2 Å². The Balaban J connectivity index is 3.19. The van der Waals surface area contributed by atoms with E-state index in [1.54, 1.807) is 0 Å². The summed E-state index contributed by atoms with van der Waals surface area (Å²) in [6, 6.07) is 0. The molecule has 0 aliphatic heterocycles. The summed E-state index contributed by atoms with van der Waals surface area (Å²) >= 11 is 0.581. The van der Waals surface area contributed by atoms with Crippen LogP contribution in [0.2, 0.25) is 0 Å². The first kappa shape index (κ1) is 12.9. The number of aryl methyl sites for hydroxylation is 1. The number of carboxylic acid groups (broad SMARTS) is 1. The van der Waals surface area contributed by atoms with Crippen LogP contribution in [0, 0.1) is 6.92 Å². The molecule has 1 aromatic rings. The van der Waals surface area contributed by atoms with E-state index in [-0.39, 0.29) is 0 Å². The van der Waals surface area contributed by atoms with E-state index >= 15 is 0 Å². The molecule has 0 bridgehead atoms. The van der Waals surface area contributed by atoms with E-state index in [9.17, 15) is 23.1 Å². The monoisotopic (exact) mass is 255 g/mol. The molecule has 0 aliphatic carbocycles. The normalized spacial score (nSPS) is 15.8. The number of aliphatic carboxylic acids is 1. The summed E-state index contributed by atoms with van der Waals surface area (Å²) in [4.78, 5) is 13.8. The Labute approximate surface area is 92.4 Å². The van der Waals surface area contributed by atoms with Crippen LogP contribution < -0.4 is 0 Å². The fourth-order valence-corrected chi connectivity index (χ4v) is 1.97. The van der Waals surface area contributed by atoms with Crippen molar-refractivity contribution < 1.29 is 28.2 Å². The number of aromatic nitrogens is 1. The second-order valence-corrected chi connectivity index (χ2v) is 4.08. The highest BCUT2D eigenvalue weighted by atomic mass is 32.1. The lowest BCUT2D eigenvalue weighted by Crippen LogP contribution is -2.44. The van der Waals surface area contributed by atoms with Crippen molar-refractivity contribution in [3.8, 4) is 0 Å². The molecule has 1 aromatic heterocycles. The van der Waals surface area contributed by atoms with Gasteiger partial charge in [-0.05, 0) is 6.92 Å². The molecule has 0 saturated carbocycles. The Morgan fingerprint density at radius 3 is 2.44 bits per heavy atom. The molecule has 0 amide bonds. The summed E-state index contributed by atoms with van der Waals surface area (Å²) in [5.74, 6) is -1.74. The van der Waals surface area contributed by atoms with E-state index in [1.807, 2.05) is 0 Å². The van der Waals surface area contributed by atoms with E-state index in [4.69, 9.17) is 5.11 Å². The Kier molecular flexibility index (Phi) is 3.25. The molecule has 0 aliphatic rings. The molecule has 1 heterocycles. The molecule has 90 valence electrons. The summed E-state index contributed by atoms with van der Waals surface area (Å²) in [6.45, 7) is 1.46. The summed E-state index contributed by atoms with van der Waals surface area (Å²) in [6.07, 6.45) is -6.53. The van der Waals surface area contributed by atoms with Gasteiger partial charge in [-0.2, -0.15) is 13.2 Å². The predicted octanol–water partition coefficient (Wildman–Crippen LogP) is 1.68. The lowest BCUT2D eigenvalue weighted by atomic mass is 10.00. The lowest BCUT2D eigenvalue weighted by molar-refractivity contribution is -0.269. The van der Waals surface area contributed by atoms with Crippen molar-refractivity contribution >= 4 is 17.3 Å². The molecule has 1 rings (SSSR count). The Hall–Kier alpha value is -1.15. The fraction of sp³-hybridized carbons (Fsp3) is 0.500. The van der Waals surface area contributed by atoms with Crippen LogP contribution in [0.25, 0.3) is 0 Å². The number of rotatable bonds is 3. The number of carboxylic acids is 1. The van der Waals surface area contributed by atoms with Gasteiger partial charge in [-0.25, -0.2) is 4.98 Å². The van der Waals surface area contributed by atoms with Gasteiger partial charge in [0.1, 0.15) is 5.01 Å². The van der Waals surface area contributed by atoms with Crippen LogP contribution in [-0.4, -0.2) is 27.3 Å². The molecule has 0 saturated heterocycles. The molecule has 0 unspecified atom stereocenters. The van der Waals surface area contributed by atoms with Crippen molar-refractivity contribution in [3.05, 3.63) is 16.1 Å². The highest BCUT2D eigenvalue weighted by Crippen LogP contribution is 2.42. The number of thiazole rings is 1. The maximum absolute atomic E-state index is 12.6. The second kappa shape index (κ2) is 4.02. The molecule has 4 nitrogen and oxygen atoms in total. The predicted molar refractivity (Wildman–Crippen MR) is 49.1 cm³/mol. The molecular formula is C8H8F3NO3S. The van der Waals surface area contributed by atoms with Crippen LogP contribution in [0.3, 0.4) is 0 Å². The SMILES string of the molecule is Cc1csc([C@](O)(CC(=O)O)C(F)(F)F)n1. The third-order valence-electron chi connectivity index (χ3n) is 1.85. The molecule has 2 N–H and O–H groups in total. The topological polar surface area (TPSA) is 70.4 Å². The van der Waals surface area contributed by atoms with Gasteiger partial charge in [0.25, 0.3) is 0 Å². The van der Waals surface area contributed by atoms with E-state index in [1.165, 1.54) is 12.3 Å². The molecular weight excluding hydrogens is 247 g/mol. The molecule has 0 spiro atoms. The maximum Gasteiger partial charge on any atom is 0.424 e. The van der Waals surface area contributed by atoms with Crippen LogP contribution >= 0.6 is 11.3 Å². The Morgan fingerprint density at radius 1 is 1.56 bits per heavy atom.